The lowest BCUT2D eigenvalue weighted by Gasteiger charge is -2.10. The Hall–Kier alpha value is -2.34. The number of carbonyl (C=O) groups excluding carboxylic acids is 1. The number of anilines is 1. The SMILES string of the molecule is COc1ccc(C(=O)Nc2cnc(Cl)cn2)c(OC)c1. The van der Waals surface area contributed by atoms with E-state index in [-0.39, 0.29) is 11.1 Å². The Kier molecular flexibility index (Phi) is 4.37. The predicted molar refractivity (Wildman–Crippen MR) is 74.5 cm³/mol. The van der Waals surface area contributed by atoms with Crippen molar-refractivity contribution in [1.29, 1.82) is 0 Å². The van der Waals surface area contributed by atoms with E-state index in [2.05, 4.69) is 15.3 Å². The number of nitrogens with zero attached hydrogens (tertiary/aromatic N) is 2. The molecule has 6 nitrogen and oxygen atoms in total. The smallest absolute Gasteiger partial charge is 0.260 e. The molecule has 0 atom stereocenters. The summed E-state index contributed by atoms with van der Waals surface area (Å²) in [6.45, 7) is 0. The molecule has 0 bridgehead atoms. The Morgan fingerprint density at radius 2 is 2.00 bits per heavy atom. The van der Waals surface area contributed by atoms with E-state index in [1.165, 1.54) is 26.6 Å². The fraction of sp³-hybridized carbons (Fsp3) is 0.154. The summed E-state index contributed by atoms with van der Waals surface area (Å²) in [5.41, 5.74) is 0.366. The van der Waals surface area contributed by atoms with E-state index >= 15 is 0 Å². The molecule has 7 heteroatoms. The van der Waals surface area contributed by atoms with Gasteiger partial charge in [0, 0.05) is 6.07 Å². The number of benzene rings is 1. The van der Waals surface area contributed by atoms with Gasteiger partial charge >= 0.3 is 0 Å². The van der Waals surface area contributed by atoms with E-state index in [1.54, 1.807) is 18.2 Å². The van der Waals surface area contributed by atoms with E-state index < -0.39 is 0 Å². The van der Waals surface area contributed by atoms with Crippen LogP contribution in [-0.4, -0.2) is 30.1 Å². The van der Waals surface area contributed by atoms with E-state index in [1.807, 2.05) is 0 Å². The Bertz CT molecular complexity index is 617. The van der Waals surface area contributed by atoms with E-state index in [0.717, 1.165) is 0 Å². The van der Waals surface area contributed by atoms with Crippen molar-refractivity contribution in [3.63, 3.8) is 0 Å². The van der Waals surface area contributed by atoms with E-state index in [9.17, 15) is 4.79 Å². The van der Waals surface area contributed by atoms with Crippen LogP contribution in [0.25, 0.3) is 0 Å². The van der Waals surface area contributed by atoms with Crippen molar-refractivity contribution in [2.75, 3.05) is 19.5 Å². The van der Waals surface area contributed by atoms with Crippen molar-refractivity contribution < 1.29 is 14.3 Å². The van der Waals surface area contributed by atoms with Crippen LogP contribution in [0.5, 0.6) is 11.5 Å². The number of halogens is 1. The Labute approximate surface area is 120 Å². The summed E-state index contributed by atoms with van der Waals surface area (Å²) in [4.78, 5) is 19.9. The van der Waals surface area contributed by atoms with Crippen molar-refractivity contribution in [2.45, 2.75) is 0 Å². The molecule has 0 aliphatic carbocycles. The van der Waals surface area contributed by atoms with Crippen LogP contribution in [0.4, 0.5) is 5.82 Å². The third kappa shape index (κ3) is 3.16. The first kappa shape index (κ1) is 14.1. The van der Waals surface area contributed by atoms with Gasteiger partial charge in [0.15, 0.2) is 5.82 Å². The maximum absolute atomic E-state index is 12.1. The highest BCUT2D eigenvalue weighted by molar-refractivity contribution is 6.29. The molecule has 20 heavy (non-hydrogen) atoms. The highest BCUT2D eigenvalue weighted by atomic mass is 35.5. The standard InChI is InChI=1S/C13H12ClN3O3/c1-19-8-3-4-9(10(5-8)20-2)13(18)17-12-7-15-11(14)6-16-12/h3-7H,1-2H3,(H,16,17,18). The summed E-state index contributed by atoms with van der Waals surface area (Å²) in [6, 6.07) is 4.91. The number of nitrogens with one attached hydrogen (secondary N) is 1. The second-order valence-electron chi connectivity index (χ2n) is 3.74. The first-order valence-electron chi connectivity index (χ1n) is 5.65. The van der Waals surface area contributed by atoms with Crippen molar-refractivity contribution in [1.82, 2.24) is 9.97 Å². The number of methoxy groups -OCH3 is 2. The van der Waals surface area contributed by atoms with Gasteiger partial charge in [-0.25, -0.2) is 9.97 Å². The van der Waals surface area contributed by atoms with Gasteiger partial charge in [0.1, 0.15) is 16.7 Å². The average Bonchev–Trinajstić information content (AvgIpc) is 2.48. The van der Waals surface area contributed by atoms with Crippen LogP contribution in [0.2, 0.25) is 5.15 Å². The number of hydrogen-bond donors (Lipinski definition) is 1. The van der Waals surface area contributed by atoms with Gasteiger partial charge in [0.05, 0.1) is 32.2 Å². The molecule has 0 aliphatic rings. The zero-order valence-electron chi connectivity index (χ0n) is 10.9. The lowest BCUT2D eigenvalue weighted by Crippen LogP contribution is -2.14. The quantitative estimate of drug-likeness (QED) is 0.937. The summed E-state index contributed by atoms with van der Waals surface area (Å²) < 4.78 is 10.2. The highest BCUT2D eigenvalue weighted by Crippen LogP contribution is 2.25. The van der Waals surface area contributed by atoms with Gasteiger partial charge in [-0.15, -0.1) is 0 Å². The number of amides is 1. The van der Waals surface area contributed by atoms with Gasteiger partial charge < -0.3 is 14.8 Å². The first-order valence-corrected chi connectivity index (χ1v) is 6.02. The van der Waals surface area contributed by atoms with Crippen molar-refractivity contribution in [2.24, 2.45) is 0 Å². The fourth-order valence-corrected chi connectivity index (χ4v) is 1.64. The van der Waals surface area contributed by atoms with E-state index in [4.69, 9.17) is 21.1 Å². The number of hydrogen-bond acceptors (Lipinski definition) is 5. The average molecular weight is 294 g/mol. The minimum atomic E-state index is -0.360. The first-order chi connectivity index (χ1) is 9.63. The maximum atomic E-state index is 12.1. The summed E-state index contributed by atoms with van der Waals surface area (Å²) in [5.74, 6) is 0.951. The van der Waals surface area contributed by atoms with Crippen molar-refractivity contribution in [3.8, 4) is 11.5 Å². The Morgan fingerprint density at radius 3 is 2.60 bits per heavy atom. The molecule has 1 N–H and O–H groups in total. The van der Waals surface area contributed by atoms with Crippen molar-refractivity contribution >= 4 is 23.3 Å². The molecular formula is C13H12ClN3O3. The van der Waals surface area contributed by atoms with Crippen LogP contribution in [-0.2, 0) is 0 Å². The molecule has 0 aliphatic heterocycles. The lowest BCUT2D eigenvalue weighted by atomic mass is 10.1. The molecule has 2 aromatic rings. The molecule has 0 saturated carbocycles. The maximum Gasteiger partial charge on any atom is 0.260 e. The molecule has 104 valence electrons. The summed E-state index contributed by atoms with van der Waals surface area (Å²) in [7, 11) is 3.02. The topological polar surface area (TPSA) is 73.3 Å². The Morgan fingerprint density at radius 1 is 1.20 bits per heavy atom. The van der Waals surface area contributed by atoms with Crippen LogP contribution < -0.4 is 14.8 Å². The number of aromatic nitrogens is 2. The highest BCUT2D eigenvalue weighted by Gasteiger charge is 2.14. The van der Waals surface area contributed by atoms with Gasteiger partial charge in [-0.05, 0) is 12.1 Å². The van der Waals surface area contributed by atoms with Crippen molar-refractivity contribution in [3.05, 3.63) is 41.3 Å². The normalized spacial score (nSPS) is 9.95. The van der Waals surface area contributed by atoms with Crippen LogP contribution in [0.15, 0.2) is 30.6 Å². The van der Waals surface area contributed by atoms with Gasteiger partial charge in [-0.2, -0.15) is 0 Å². The molecule has 1 aromatic heterocycles. The summed E-state index contributed by atoms with van der Waals surface area (Å²) >= 11 is 5.63. The molecule has 0 saturated heterocycles. The monoisotopic (exact) mass is 293 g/mol. The molecule has 1 amide bonds. The second-order valence-corrected chi connectivity index (χ2v) is 4.13. The van der Waals surface area contributed by atoms with Gasteiger partial charge in [-0.3, -0.25) is 4.79 Å². The summed E-state index contributed by atoms with van der Waals surface area (Å²) in [6.07, 6.45) is 2.72. The van der Waals surface area contributed by atoms with Gasteiger partial charge in [0.2, 0.25) is 0 Å². The number of rotatable bonds is 4. The zero-order chi connectivity index (χ0) is 14.5. The molecule has 1 heterocycles. The number of carbonyl (C=O) groups is 1. The fourth-order valence-electron chi connectivity index (χ4n) is 1.55. The van der Waals surface area contributed by atoms with Gasteiger partial charge in [0.25, 0.3) is 5.91 Å². The van der Waals surface area contributed by atoms with Crippen LogP contribution in [0.3, 0.4) is 0 Å². The number of ether oxygens (including phenoxy) is 2. The van der Waals surface area contributed by atoms with Crippen LogP contribution in [0, 0.1) is 0 Å². The molecule has 0 fully saturated rings. The van der Waals surface area contributed by atoms with Crippen LogP contribution in [0.1, 0.15) is 10.4 Å². The second kappa shape index (κ2) is 6.21. The third-order valence-electron chi connectivity index (χ3n) is 2.52. The van der Waals surface area contributed by atoms with Crippen LogP contribution >= 0.6 is 11.6 Å². The molecule has 2 rings (SSSR count). The molecule has 0 radical (unpaired) electrons. The molecule has 0 spiro atoms. The minimum absolute atomic E-state index is 0.255. The largest absolute Gasteiger partial charge is 0.497 e. The van der Waals surface area contributed by atoms with E-state index in [0.29, 0.717) is 22.9 Å². The zero-order valence-corrected chi connectivity index (χ0v) is 11.6. The summed E-state index contributed by atoms with van der Waals surface area (Å²) in [5, 5.41) is 2.86. The third-order valence-corrected chi connectivity index (χ3v) is 2.71. The predicted octanol–water partition coefficient (Wildman–Crippen LogP) is 2.40. The van der Waals surface area contributed by atoms with Gasteiger partial charge in [-0.1, -0.05) is 11.6 Å². The molecular weight excluding hydrogens is 282 g/mol. The minimum Gasteiger partial charge on any atom is -0.497 e. The Balaban J connectivity index is 2.22. The lowest BCUT2D eigenvalue weighted by molar-refractivity contribution is 0.102. The molecule has 1 aromatic carbocycles. The molecule has 0 unspecified atom stereocenters.